The van der Waals surface area contributed by atoms with Gasteiger partial charge in [-0.3, -0.25) is 10.1 Å². The van der Waals surface area contributed by atoms with Gasteiger partial charge in [-0.2, -0.15) is 0 Å². The largest absolute Gasteiger partial charge is 0.377 e. The van der Waals surface area contributed by atoms with E-state index in [0.717, 1.165) is 28.3 Å². The molecule has 4 rings (SSSR count). The van der Waals surface area contributed by atoms with Gasteiger partial charge in [0.1, 0.15) is 0 Å². The number of allylic oxidation sites excluding steroid dienone is 2. The van der Waals surface area contributed by atoms with Crippen molar-refractivity contribution in [1.82, 2.24) is 0 Å². The van der Waals surface area contributed by atoms with Gasteiger partial charge in [-0.05, 0) is 48.1 Å². The van der Waals surface area contributed by atoms with E-state index in [1.54, 1.807) is 12.1 Å². The van der Waals surface area contributed by atoms with E-state index >= 15 is 0 Å². The van der Waals surface area contributed by atoms with E-state index in [9.17, 15) is 10.1 Å². The van der Waals surface area contributed by atoms with Crippen LogP contribution < -0.4 is 5.32 Å². The molecule has 122 valence electrons. The van der Waals surface area contributed by atoms with Crippen LogP contribution >= 0.6 is 11.6 Å². The summed E-state index contributed by atoms with van der Waals surface area (Å²) in [5.74, 6) is 0.570. The number of nitrogens with one attached hydrogen (secondary N) is 1. The number of nitrogens with zero attached hydrogens (tertiary/aromatic N) is 1. The van der Waals surface area contributed by atoms with E-state index in [0.29, 0.717) is 5.92 Å². The van der Waals surface area contributed by atoms with Crippen molar-refractivity contribution in [2.75, 3.05) is 5.32 Å². The first-order chi connectivity index (χ1) is 11.5. The van der Waals surface area contributed by atoms with Crippen molar-refractivity contribution < 1.29 is 4.92 Å². The second-order valence-electron chi connectivity index (χ2n) is 6.51. The molecule has 3 atom stereocenters. The molecule has 0 saturated carbocycles. The Morgan fingerprint density at radius 3 is 2.71 bits per heavy atom. The molecule has 0 fully saturated rings. The Hall–Kier alpha value is -2.33. The quantitative estimate of drug-likeness (QED) is 0.453. The summed E-state index contributed by atoms with van der Waals surface area (Å²) in [6, 6.07) is 11.5. The average Bonchev–Trinajstić information content (AvgIpc) is 3.05. The number of nitro benzene ring substituents is 1. The summed E-state index contributed by atoms with van der Waals surface area (Å²) in [6.45, 7) is 1.93. The van der Waals surface area contributed by atoms with Crippen LogP contribution in [0.3, 0.4) is 0 Å². The third kappa shape index (κ3) is 2.38. The topological polar surface area (TPSA) is 55.2 Å². The zero-order valence-corrected chi connectivity index (χ0v) is 14.0. The highest BCUT2D eigenvalue weighted by Gasteiger charge is 2.39. The van der Waals surface area contributed by atoms with Crippen LogP contribution in [0.1, 0.15) is 35.1 Å². The minimum Gasteiger partial charge on any atom is -0.377 e. The van der Waals surface area contributed by atoms with Crippen LogP contribution in [0.25, 0.3) is 0 Å². The van der Waals surface area contributed by atoms with Gasteiger partial charge in [-0.1, -0.05) is 35.9 Å². The van der Waals surface area contributed by atoms with Crippen molar-refractivity contribution in [2.45, 2.75) is 25.3 Å². The molecule has 1 aliphatic carbocycles. The Balaban J connectivity index is 1.82. The molecule has 0 amide bonds. The highest BCUT2D eigenvalue weighted by Crippen LogP contribution is 2.51. The van der Waals surface area contributed by atoms with E-state index in [2.05, 4.69) is 29.6 Å². The molecule has 0 bridgehead atoms. The van der Waals surface area contributed by atoms with Crippen molar-refractivity contribution in [1.29, 1.82) is 0 Å². The number of rotatable bonds is 2. The maximum absolute atomic E-state index is 11.2. The first-order valence-corrected chi connectivity index (χ1v) is 8.40. The Morgan fingerprint density at radius 2 is 2.00 bits per heavy atom. The van der Waals surface area contributed by atoms with Gasteiger partial charge in [0.25, 0.3) is 5.69 Å². The van der Waals surface area contributed by atoms with Crippen molar-refractivity contribution in [2.24, 2.45) is 5.92 Å². The third-order valence-electron chi connectivity index (χ3n) is 5.09. The molecular weight excluding hydrogens is 324 g/mol. The predicted molar refractivity (Wildman–Crippen MR) is 95.6 cm³/mol. The lowest BCUT2D eigenvalue weighted by Crippen LogP contribution is -2.29. The second kappa shape index (κ2) is 5.64. The summed E-state index contributed by atoms with van der Waals surface area (Å²) in [5, 5.41) is 15.6. The normalized spacial score (nSPS) is 24.2. The van der Waals surface area contributed by atoms with E-state index in [4.69, 9.17) is 11.6 Å². The molecule has 4 nitrogen and oxygen atoms in total. The van der Waals surface area contributed by atoms with E-state index in [1.165, 1.54) is 5.56 Å². The van der Waals surface area contributed by atoms with Crippen molar-refractivity contribution in [3.63, 3.8) is 0 Å². The smallest absolute Gasteiger partial charge is 0.270 e. The Bertz CT molecular complexity index is 845. The Morgan fingerprint density at radius 1 is 1.25 bits per heavy atom. The fourth-order valence-corrected chi connectivity index (χ4v) is 4.10. The molecule has 0 saturated heterocycles. The van der Waals surface area contributed by atoms with Crippen LogP contribution in [-0.4, -0.2) is 4.92 Å². The van der Waals surface area contributed by atoms with Crippen LogP contribution in [0.4, 0.5) is 11.4 Å². The van der Waals surface area contributed by atoms with Crippen LogP contribution in [0.5, 0.6) is 0 Å². The van der Waals surface area contributed by atoms with Gasteiger partial charge < -0.3 is 5.32 Å². The molecule has 24 heavy (non-hydrogen) atoms. The molecule has 0 unspecified atom stereocenters. The molecule has 1 aliphatic heterocycles. The van der Waals surface area contributed by atoms with E-state index in [-0.39, 0.29) is 22.6 Å². The molecule has 2 aromatic rings. The summed E-state index contributed by atoms with van der Waals surface area (Å²) in [5.41, 5.74) is 4.33. The van der Waals surface area contributed by atoms with E-state index < -0.39 is 0 Å². The van der Waals surface area contributed by atoms with Gasteiger partial charge in [0, 0.05) is 28.8 Å². The molecule has 0 spiro atoms. The summed E-state index contributed by atoms with van der Waals surface area (Å²) in [6.07, 6.45) is 5.34. The summed E-state index contributed by atoms with van der Waals surface area (Å²) in [7, 11) is 0. The maximum atomic E-state index is 11.2. The molecule has 5 heteroatoms. The molecule has 2 aliphatic rings. The Kier molecular flexibility index (Phi) is 3.57. The minimum atomic E-state index is -0.313. The van der Waals surface area contributed by atoms with Gasteiger partial charge >= 0.3 is 0 Å². The molecule has 0 radical (unpaired) electrons. The molecule has 1 N–H and O–H groups in total. The zero-order valence-electron chi connectivity index (χ0n) is 13.2. The summed E-state index contributed by atoms with van der Waals surface area (Å²) < 4.78 is 0. The minimum absolute atomic E-state index is 0.164. The molecule has 2 aromatic carbocycles. The van der Waals surface area contributed by atoms with Crippen molar-refractivity contribution in [3.05, 3.63) is 80.4 Å². The number of anilines is 1. The summed E-state index contributed by atoms with van der Waals surface area (Å²) >= 11 is 6.02. The molecule has 0 aromatic heterocycles. The lowest BCUT2D eigenvalue weighted by molar-refractivity contribution is -0.385. The van der Waals surface area contributed by atoms with Crippen LogP contribution in [0.15, 0.2) is 48.6 Å². The highest BCUT2D eigenvalue weighted by molar-refractivity contribution is 6.30. The van der Waals surface area contributed by atoms with Crippen LogP contribution in [-0.2, 0) is 0 Å². The predicted octanol–water partition coefficient (Wildman–Crippen LogP) is 5.38. The number of hydrogen-bond acceptors (Lipinski definition) is 3. The number of aryl methyl sites for hydroxylation is 1. The SMILES string of the molecule is Cc1cc([N+](=O)[O-])cc2c1N[C@H](c1ccc(Cl)cc1)[C@@H]1CC=C[C@H]21. The number of benzene rings is 2. The number of nitro groups is 1. The first kappa shape index (κ1) is 15.2. The van der Waals surface area contributed by atoms with Gasteiger partial charge in [-0.25, -0.2) is 0 Å². The van der Waals surface area contributed by atoms with Crippen LogP contribution in [0, 0.1) is 23.0 Å². The lowest BCUT2D eigenvalue weighted by atomic mass is 9.76. The van der Waals surface area contributed by atoms with Gasteiger partial charge in [0.2, 0.25) is 0 Å². The summed E-state index contributed by atoms with van der Waals surface area (Å²) in [4.78, 5) is 10.9. The number of fused-ring (bicyclic) bond motifs is 3. The van der Waals surface area contributed by atoms with Crippen LogP contribution in [0.2, 0.25) is 5.02 Å². The highest BCUT2D eigenvalue weighted by atomic mass is 35.5. The monoisotopic (exact) mass is 340 g/mol. The van der Waals surface area contributed by atoms with Crippen molar-refractivity contribution in [3.8, 4) is 0 Å². The average molecular weight is 341 g/mol. The van der Waals surface area contributed by atoms with Crippen molar-refractivity contribution >= 4 is 23.0 Å². The number of non-ortho nitro benzene ring substituents is 1. The maximum Gasteiger partial charge on any atom is 0.270 e. The zero-order chi connectivity index (χ0) is 16.8. The second-order valence-corrected chi connectivity index (χ2v) is 6.95. The first-order valence-electron chi connectivity index (χ1n) is 8.02. The van der Waals surface area contributed by atoms with Gasteiger partial charge in [0.15, 0.2) is 0 Å². The van der Waals surface area contributed by atoms with E-state index in [1.807, 2.05) is 19.1 Å². The third-order valence-corrected chi connectivity index (χ3v) is 5.34. The van der Waals surface area contributed by atoms with Gasteiger partial charge in [0.05, 0.1) is 11.0 Å². The lowest BCUT2D eigenvalue weighted by Gasteiger charge is -2.38. The molecular formula is C19H17ClN2O2. The number of halogens is 1. The fraction of sp³-hybridized carbons (Fsp3) is 0.263. The standard InChI is InChI=1S/C19H17ClN2O2/c1-11-9-14(22(23)24)10-17-15-3-2-4-16(15)19(21-18(11)17)12-5-7-13(20)8-6-12/h2-3,5-10,15-16,19,21H,4H2,1H3/t15-,16+,19+/m0/s1. The molecule has 1 heterocycles. The van der Waals surface area contributed by atoms with Gasteiger partial charge in [-0.15, -0.1) is 0 Å². The number of hydrogen-bond donors (Lipinski definition) is 1. The Labute approximate surface area is 145 Å². The fourth-order valence-electron chi connectivity index (χ4n) is 3.97.